The van der Waals surface area contributed by atoms with E-state index in [1.165, 1.54) is 29.5 Å². The van der Waals surface area contributed by atoms with Crippen LogP contribution in [-0.4, -0.2) is 43.7 Å². The van der Waals surface area contributed by atoms with E-state index in [2.05, 4.69) is 25.3 Å². The number of hydrogen-bond acceptors (Lipinski definition) is 7. The molecule has 0 bridgehead atoms. The molecule has 0 aliphatic carbocycles. The molecule has 0 saturated carbocycles. The van der Waals surface area contributed by atoms with Crippen molar-refractivity contribution in [2.75, 3.05) is 18.0 Å². The number of nitrogens with zero attached hydrogens (tertiary/aromatic N) is 6. The van der Waals surface area contributed by atoms with Gasteiger partial charge in [-0.2, -0.15) is 5.10 Å². The molecule has 0 atom stereocenters. The lowest BCUT2D eigenvalue weighted by molar-refractivity contribution is -0.384. The van der Waals surface area contributed by atoms with Crippen molar-refractivity contribution in [3.63, 3.8) is 0 Å². The smallest absolute Gasteiger partial charge is 0.270 e. The summed E-state index contributed by atoms with van der Waals surface area (Å²) in [6.07, 6.45) is 7.80. The van der Waals surface area contributed by atoms with Gasteiger partial charge in [-0.25, -0.2) is 14.6 Å². The fourth-order valence-corrected chi connectivity index (χ4v) is 3.59. The number of benzene rings is 1. The molecule has 10 nitrogen and oxygen atoms in total. The third-order valence-electron chi connectivity index (χ3n) is 5.07. The molecule has 1 amide bonds. The second-order valence-corrected chi connectivity index (χ2v) is 7.02. The Bertz CT molecular complexity index is 1050. The van der Waals surface area contributed by atoms with Crippen molar-refractivity contribution in [1.82, 2.24) is 25.1 Å². The highest BCUT2D eigenvalue weighted by Gasteiger charge is 2.22. The van der Waals surface area contributed by atoms with Gasteiger partial charge in [-0.1, -0.05) is 6.07 Å². The Hall–Kier alpha value is -3.82. The minimum absolute atomic E-state index is 0.106. The van der Waals surface area contributed by atoms with E-state index in [9.17, 15) is 14.9 Å². The predicted octanol–water partition coefficient (Wildman–Crippen LogP) is 2.49. The monoisotopic (exact) mass is 407 g/mol. The third-order valence-corrected chi connectivity index (χ3v) is 5.07. The SMILES string of the molecule is O=C(NCc1cccnc1-n1cncn1)c1cc([N+](=O)[O-])ccc1N1CCCCC1. The van der Waals surface area contributed by atoms with E-state index in [0.29, 0.717) is 11.4 Å². The lowest BCUT2D eigenvalue weighted by Crippen LogP contribution is -2.32. The Morgan fingerprint density at radius 2 is 2.03 bits per heavy atom. The lowest BCUT2D eigenvalue weighted by Gasteiger charge is -2.30. The Morgan fingerprint density at radius 3 is 2.77 bits per heavy atom. The molecule has 0 unspecified atom stereocenters. The summed E-state index contributed by atoms with van der Waals surface area (Å²) in [4.78, 5) is 34.2. The van der Waals surface area contributed by atoms with Gasteiger partial charge in [0, 0.05) is 43.5 Å². The van der Waals surface area contributed by atoms with Crippen LogP contribution in [0.3, 0.4) is 0 Å². The number of piperidine rings is 1. The summed E-state index contributed by atoms with van der Waals surface area (Å²) in [5.41, 5.74) is 1.67. The van der Waals surface area contributed by atoms with Crippen LogP contribution < -0.4 is 10.2 Å². The summed E-state index contributed by atoms with van der Waals surface area (Å²) >= 11 is 0. The number of anilines is 1. The highest BCUT2D eigenvalue weighted by Crippen LogP contribution is 2.28. The summed E-state index contributed by atoms with van der Waals surface area (Å²) in [5.74, 6) is 0.193. The van der Waals surface area contributed by atoms with E-state index in [4.69, 9.17) is 0 Å². The van der Waals surface area contributed by atoms with Gasteiger partial charge in [0.15, 0.2) is 5.82 Å². The lowest BCUT2D eigenvalue weighted by atomic mass is 10.1. The highest BCUT2D eigenvalue weighted by atomic mass is 16.6. The molecule has 0 radical (unpaired) electrons. The molecule has 1 saturated heterocycles. The average Bonchev–Trinajstić information content (AvgIpc) is 3.32. The molecular formula is C20H21N7O3. The molecular weight excluding hydrogens is 386 g/mol. The molecule has 1 fully saturated rings. The molecule has 1 aliphatic heterocycles. The second-order valence-electron chi connectivity index (χ2n) is 7.02. The summed E-state index contributed by atoms with van der Waals surface area (Å²) in [7, 11) is 0. The Morgan fingerprint density at radius 1 is 1.20 bits per heavy atom. The second kappa shape index (κ2) is 8.68. The Labute approximate surface area is 172 Å². The van der Waals surface area contributed by atoms with Gasteiger partial charge in [0.2, 0.25) is 0 Å². The maximum Gasteiger partial charge on any atom is 0.270 e. The molecule has 1 aromatic carbocycles. The van der Waals surface area contributed by atoms with Crippen LogP contribution in [0.25, 0.3) is 5.82 Å². The number of hydrogen-bond donors (Lipinski definition) is 1. The highest BCUT2D eigenvalue weighted by molar-refractivity contribution is 6.00. The molecule has 2 aromatic heterocycles. The van der Waals surface area contributed by atoms with Crippen LogP contribution in [0.5, 0.6) is 0 Å². The van der Waals surface area contributed by atoms with Crippen LogP contribution in [0.2, 0.25) is 0 Å². The predicted molar refractivity (Wildman–Crippen MR) is 109 cm³/mol. The van der Waals surface area contributed by atoms with Gasteiger partial charge in [-0.05, 0) is 31.4 Å². The van der Waals surface area contributed by atoms with Crippen LogP contribution >= 0.6 is 0 Å². The first-order chi connectivity index (χ1) is 14.6. The Balaban J connectivity index is 1.59. The van der Waals surface area contributed by atoms with Crippen LogP contribution in [0.1, 0.15) is 35.2 Å². The minimum Gasteiger partial charge on any atom is -0.371 e. The molecule has 1 aliphatic rings. The van der Waals surface area contributed by atoms with Crippen LogP contribution in [-0.2, 0) is 6.54 Å². The number of rotatable bonds is 6. The van der Waals surface area contributed by atoms with Gasteiger partial charge in [0.25, 0.3) is 11.6 Å². The molecule has 30 heavy (non-hydrogen) atoms. The fraction of sp³-hybridized carbons (Fsp3) is 0.300. The quantitative estimate of drug-likeness (QED) is 0.492. The number of amides is 1. The van der Waals surface area contributed by atoms with Crippen LogP contribution in [0.15, 0.2) is 49.2 Å². The van der Waals surface area contributed by atoms with Gasteiger partial charge < -0.3 is 10.2 Å². The molecule has 10 heteroatoms. The largest absolute Gasteiger partial charge is 0.371 e. The summed E-state index contributed by atoms with van der Waals surface area (Å²) in [6, 6.07) is 8.08. The maximum atomic E-state index is 13.0. The number of nitro groups is 1. The first-order valence-corrected chi connectivity index (χ1v) is 9.74. The molecule has 0 spiro atoms. The van der Waals surface area contributed by atoms with Gasteiger partial charge in [-0.15, -0.1) is 0 Å². The van der Waals surface area contributed by atoms with E-state index in [1.54, 1.807) is 18.3 Å². The zero-order valence-corrected chi connectivity index (χ0v) is 16.3. The summed E-state index contributed by atoms with van der Waals surface area (Å²) in [5, 5.41) is 18.2. The van der Waals surface area contributed by atoms with E-state index in [1.807, 2.05) is 6.07 Å². The van der Waals surface area contributed by atoms with Crippen molar-refractivity contribution >= 4 is 17.3 Å². The van der Waals surface area contributed by atoms with Crippen molar-refractivity contribution in [1.29, 1.82) is 0 Å². The minimum atomic E-state index is -0.485. The topological polar surface area (TPSA) is 119 Å². The molecule has 3 aromatic rings. The average molecular weight is 407 g/mol. The number of nitro benzene ring substituents is 1. The number of carbonyl (C=O) groups excluding carboxylic acids is 1. The first kappa shape index (κ1) is 19.5. The van der Waals surface area contributed by atoms with Gasteiger partial charge in [0.05, 0.1) is 16.2 Å². The zero-order chi connectivity index (χ0) is 20.9. The van der Waals surface area contributed by atoms with E-state index in [-0.39, 0.29) is 18.1 Å². The van der Waals surface area contributed by atoms with E-state index < -0.39 is 4.92 Å². The van der Waals surface area contributed by atoms with Crippen molar-refractivity contribution < 1.29 is 9.72 Å². The van der Waals surface area contributed by atoms with Gasteiger partial charge >= 0.3 is 0 Å². The van der Waals surface area contributed by atoms with Crippen LogP contribution in [0, 0.1) is 10.1 Å². The van der Waals surface area contributed by atoms with Crippen molar-refractivity contribution in [2.24, 2.45) is 0 Å². The van der Waals surface area contributed by atoms with E-state index in [0.717, 1.165) is 43.6 Å². The number of nitrogens with one attached hydrogen (secondary N) is 1. The number of carbonyl (C=O) groups is 1. The van der Waals surface area contributed by atoms with Crippen LogP contribution in [0.4, 0.5) is 11.4 Å². The fourth-order valence-electron chi connectivity index (χ4n) is 3.59. The summed E-state index contributed by atoms with van der Waals surface area (Å²) < 4.78 is 1.52. The maximum absolute atomic E-state index is 13.0. The standard InChI is InChI=1S/C20H21N7O3/c28-20(23-12-15-5-4-8-22-19(15)26-14-21-13-24-26)17-11-16(27(29)30)6-7-18(17)25-9-2-1-3-10-25/h4-8,11,13-14H,1-3,9-10,12H2,(H,23,28). The summed E-state index contributed by atoms with van der Waals surface area (Å²) in [6.45, 7) is 1.86. The molecule has 154 valence electrons. The zero-order valence-electron chi connectivity index (χ0n) is 16.3. The van der Waals surface area contributed by atoms with Gasteiger partial charge in [-0.3, -0.25) is 14.9 Å². The third kappa shape index (κ3) is 4.12. The first-order valence-electron chi connectivity index (χ1n) is 9.74. The number of pyridine rings is 1. The normalized spacial score (nSPS) is 13.8. The van der Waals surface area contributed by atoms with Crippen molar-refractivity contribution in [3.8, 4) is 5.82 Å². The van der Waals surface area contributed by atoms with E-state index >= 15 is 0 Å². The Kier molecular flexibility index (Phi) is 5.64. The van der Waals surface area contributed by atoms with Gasteiger partial charge in [0.1, 0.15) is 12.7 Å². The van der Waals surface area contributed by atoms with Crippen molar-refractivity contribution in [3.05, 3.63) is 70.4 Å². The molecule has 1 N–H and O–H groups in total. The number of non-ortho nitro benzene ring substituents is 1. The van der Waals surface area contributed by atoms with Crippen molar-refractivity contribution in [2.45, 2.75) is 25.8 Å². The molecule has 4 rings (SSSR count). The molecule has 3 heterocycles. The number of aromatic nitrogens is 4.